The summed E-state index contributed by atoms with van der Waals surface area (Å²) >= 11 is 0. The van der Waals surface area contributed by atoms with Gasteiger partial charge in [0, 0.05) is 22.5 Å². The van der Waals surface area contributed by atoms with Gasteiger partial charge < -0.3 is 4.90 Å². The van der Waals surface area contributed by atoms with E-state index in [4.69, 9.17) is 0 Å². The number of rotatable bonds is 7. The molecule has 0 saturated carbocycles. The number of nitrogens with zero attached hydrogens (tertiary/aromatic N) is 1. The average Bonchev–Trinajstić information content (AvgIpc) is 3.49. The number of hydrogen-bond acceptors (Lipinski definition) is 1. The van der Waals surface area contributed by atoms with Gasteiger partial charge in [0.05, 0.1) is 0 Å². The highest BCUT2D eigenvalue weighted by molar-refractivity contribution is 5.90. The number of fused-ring (bicyclic) bond motifs is 4. The third-order valence-corrected chi connectivity index (χ3v) is 11.7. The quantitative estimate of drug-likeness (QED) is 0.159. The molecule has 266 valence electrons. The summed E-state index contributed by atoms with van der Waals surface area (Å²) in [6, 6.07) is 77.6. The summed E-state index contributed by atoms with van der Waals surface area (Å²) < 4.78 is 0. The van der Waals surface area contributed by atoms with Crippen molar-refractivity contribution >= 4 is 27.8 Å². The van der Waals surface area contributed by atoms with Gasteiger partial charge in [-0.15, -0.1) is 0 Å². The molecule has 1 aliphatic rings. The SMILES string of the molecule is CC1(C)c2cc(-c3ccc(-c4ccccc4)cc3)ccc2-c2ccc(N(c3ccc(-c4ccccc4)cc3)c3ccc(-c4ccc5ccccc5c4)cc3)cc21. The Balaban J connectivity index is 1.02. The molecule has 0 spiro atoms. The van der Waals surface area contributed by atoms with Gasteiger partial charge >= 0.3 is 0 Å². The second kappa shape index (κ2) is 13.7. The molecule has 1 nitrogen and oxygen atoms in total. The van der Waals surface area contributed by atoms with E-state index in [1.165, 1.54) is 77.5 Å². The van der Waals surface area contributed by atoms with Crippen LogP contribution in [0.3, 0.4) is 0 Å². The molecule has 9 aromatic carbocycles. The van der Waals surface area contributed by atoms with Crippen LogP contribution in [-0.2, 0) is 5.41 Å². The average molecular weight is 716 g/mol. The van der Waals surface area contributed by atoms with E-state index < -0.39 is 0 Å². The first kappa shape index (κ1) is 33.6. The summed E-state index contributed by atoms with van der Waals surface area (Å²) in [5.74, 6) is 0. The molecule has 0 N–H and O–H groups in total. The van der Waals surface area contributed by atoms with Crippen LogP contribution in [0.4, 0.5) is 17.1 Å². The number of anilines is 3. The molecule has 0 aromatic heterocycles. The summed E-state index contributed by atoms with van der Waals surface area (Å²) in [4.78, 5) is 2.40. The Labute approximate surface area is 329 Å². The van der Waals surface area contributed by atoms with E-state index in [0.717, 1.165) is 17.1 Å². The van der Waals surface area contributed by atoms with Crippen LogP contribution >= 0.6 is 0 Å². The zero-order chi connectivity index (χ0) is 37.6. The van der Waals surface area contributed by atoms with Crippen molar-refractivity contribution < 1.29 is 0 Å². The first-order valence-electron chi connectivity index (χ1n) is 19.5. The molecule has 0 bridgehead atoms. The van der Waals surface area contributed by atoms with Crippen LogP contribution < -0.4 is 4.90 Å². The molecule has 0 aliphatic heterocycles. The van der Waals surface area contributed by atoms with Gasteiger partial charge in [0.2, 0.25) is 0 Å². The van der Waals surface area contributed by atoms with E-state index in [-0.39, 0.29) is 5.41 Å². The smallest absolute Gasteiger partial charge is 0.0465 e. The molecule has 1 aliphatic carbocycles. The standard InChI is InChI=1S/C55H41N/c1-55(2)53-36-47(43-19-17-41(18-20-43)38-11-5-3-6-12-38)27-33-51(53)52-34-32-50(37-54(52)55)56(48-28-23-42(24-29-48)39-13-7-4-8-14-39)49-30-25-44(26-31-49)46-22-21-40-15-9-10-16-45(40)35-46/h3-37H,1-2H3. The number of benzene rings is 9. The van der Waals surface area contributed by atoms with Gasteiger partial charge in [-0.3, -0.25) is 0 Å². The highest BCUT2D eigenvalue weighted by atomic mass is 15.1. The molecule has 0 atom stereocenters. The third kappa shape index (κ3) is 5.99. The molecular formula is C55H41N. The Bertz CT molecular complexity index is 2830. The summed E-state index contributed by atoms with van der Waals surface area (Å²) in [5, 5.41) is 2.51. The fraction of sp³-hybridized carbons (Fsp3) is 0.0545. The van der Waals surface area contributed by atoms with E-state index >= 15 is 0 Å². The molecule has 0 heterocycles. The normalized spacial score (nSPS) is 12.6. The fourth-order valence-corrected chi connectivity index (χ4v) is 8.58. The van der Waals surface area contributed by atoms with Crippen molar-refractivity contribution in [3.63, 3.8) is 0 Å². The minimum atomic E-state index is -0.177. The molecule has 0 amide bonds. The third-order valence-electron chi connectivity index (χ3n) is 11.7. The maximum absolute atomic E-state index is 2.42. The minimum Gasteiger partial charge on any atom is -0.310 e. The molecule has 10 rings (SSSR count). The Morgan fingerprint density at radius 2 is 0.661 bits per heavy atom. The highest BCUT2D eigenvalue weighted by Gasteiger charge is 2.36. The van der Waals surface area contributed by atoms with E-state index in [0.29, 0.717) is 0 Å². The van der Waals surface area contributed by atoms with Crippen LogP contribution in [0.25, 0.3) is 66.4 Å². The summed E-state index contributed by atoms with van der Waals surface area (Å²) in [6.45, 7) is 4.75. The second-order valence-electron chi connectivity index (χ2n) is 15.4. The first-order valence-corrected chi connectivity index (χ1v) is 19.5. The number of hydrogen-bond donors (Lipinski definition) is 0. The van der Waals surface area contributed by atoms with Crippen molar-refractivity contribution in [1.29, 1.82) is 0 Å². The van der Waals surface area contributed by atoms with E-state index in [9.17, 15) is 0 Å². The summed E-state index contributed by atoms with van der Waals surface area (Å²) in [6.07, 6.45) is 0. The van der Waals surface area contributed by atoms with Crippen LogP contribution in [0.2, 0.25) is 0 Å². The van der Waals surface area contributed by atoms with Gasteiger partial charge in [-0.05, 0) is 126 Å². The molecule has 0 unspecified atom stereocenters. The minimum absolute atomic E-state index is 0.177. The largest absolute Gasteiger partial charge is 0.310 e. The lowest BCUT2D eigenvalue weighted by molar-refractivity contribution is 0.660. The Kier molecular flexibility index (Phi) is 8.23. The lowest BCUT2D eigenvalue weighted by Gasteiger charge is -2.28. The predicted molar refractivity (Wildman–Crippen MR) is 238 cm³/mol. The van der Waals surface area contributed by atoms with Crippen LogP contribution in [-0.4, -0.2) is 0 Å². The van der Waals surface area contributed by atoms with Crippen LogP contribution in [0, 0.1) is 0 Å². The van der Waals surface area contributed by atoms with Crippen LogP contribution in [0.1, 0.15) is 25.0 Å². The van der Waals surface area contributed by atoms with Gasteiger partial charge in [-0.2, -0.15) is 0 Å². The fourth-order valence-electron chi connectivity index (χ4n) is 8.58. The Morgan fingerprint density at radius 3 is 1.23 bits per heavy atom. The Hall–Kier alpha value is -6.96. The maximum Gasteiger partial charge on any atom is 0.0465 e. The second-order valence-corrected chi connectivity index (χ2v) is 15.4. The summed E-state index contributed by atoms with van der Waals surface area (Å²) in [5.41, 5.74) is 18.4. The van der Waals surface area contributed by atoms with Crippen molar-refractivity contribution in [1.82, 2.24) is 0 Å². The molecule has 0 saturated heterocycles. The van der Waals surface area contributed by atoms with Gasteiger partial charge in [0.25, 0.3) is 0 Å². The Morgan fingerprint density at radius 1 is 0.286 bits per heavy atom. The zero-order valence-electron chi connectivity index (χ0n) is 31.7. The predicted octanol–water partition coefficient (Wildman–Crippen LogP) is 15.3. The van der Waals surface area contributed by atoms with Crippen molar-refractivity contribution in [3.8, 4) is 55.6 Å². The van der Waals surface area contributed by atoms with E-state index in [1.807, 2.05) is 0 Å². The molecule has 1 heteroatoms. The summed E-state index contributed by atoms with van der Waals surface area (Å²) in [7, 11) is 0. The van der Waals surface area contributed by atoms with Crippen LogP contribution in [0.15, 0.2) is 212 Å². The van der Waals surface area contributed by atoms with E-state index in [1.54, 1.807) is 0 Å². The molecule has 0 fully saturated rings. The zero-order valence-corrected chi connectivity index (χ0v) is 31.7. The van der Waals surface area contributed by atoms with Gasteiger partial charge in [-0.1, -0.05) is 178 Å². The monoisotopic (exact) mass is 715 g/mol. The lowest BCUT2D eigenvalue weighted by Crippen LogP contribution is -2.16. The van der Waals surface area contributed by atoms with Gasteiger partial charge in [0.15, 0.2) is 0 Å². The molecule has 56 heavy (non-hydrogen) atoms. The highest BCUT2D eigenvalue weighted by Crippen LogP contribution is 2.51. The molecule has 0 radical (unpaired) electrons. The lowest BCUT2D eigenvalue weighted by atomic mass is 9.81. The van der Waals surface area contributed by atoms with Crippen molar-refractivity contribution in [2.45, 2.75) is 19.3 Å². The van der Waals surface area contributed by atoms with Crippen molar-refractivity contribution in [2.75, 3.05) is 4.90 Å². The van der Waals surface area contributed by atoms with Crippen LogP contribution in [0.5, 0.6) is 0 Å². The van der Waals surface area contributed by atoms with Gasteiger partial charge in [-0.25, -0.2) is 0 Å². The first-order chi connectivity index (χ1) is 27.5. The van der Waals surface area contributed by atoms with E-state index in [2.05, 4.69) is 231 Å². The van der Waals surface area contributed by atoms with Crippen molar-refractivity contribution in [2.24, 2.45) is 0 Å². The maximum atomic E-state index is 2.42. The molecule has 9 aromatic rings. The van der Waals surface area contributed by atoms with Crippen molar-refractivity contribution in [3.05, 3.63) is 223 Å². The molecular weight excluding hydrogens is 675 g/mol. The van der Waals surface area contributed by atoms with Gasteiger partial charge in [0.1, 0.15) is 0 Å². The topological polar surface area (TPSA) is 3.24 Å².